The monoisotopic (exact) mass is 365 g/mol. The average Bonchev–Trinajstić information content (AvgIpc) is 3.32. The van der Waals surface area contributed by atoms with Crippen molar-refractivity contribution in [1.29, 1.82) is 0 Å². The lowest BCUT2D eigenvalue weighted by molar-refractivity contribution is 0.165. The number of rotatable bonds is 6. The first-order chi connectivity index (χ1) is 13.2. The van der Waals surface area contributed by atoms with Crippen LogP contribution in [-0.2, 0) is 6.54 Å². The summed E-state index contributed by atoms with van der Waals surface area (Å²) in [4.78, 5) is 8.95. The van der Waals surface area contributed by atoms with Crippen LogP contribution in [0, 0.1) is 5.92 Å². The zero-order chi connectivity index (χ0) is 18.6. The maximum atomic E-state index is 10.5. The lowest BCUT2D eigenvalue weighted by Crippen LogP contribution is -2.28. The molecule has 1 saturated carbocycles. The van der Waals surface area contributed by atoms with Crippen molar-refractivity contribution in [1.82, 2.24) is 19.7 Å². The van der Waals surface area contributed by atoms with E-state index in [9.17, 15) is 5.11 Å². The third-order valence-electron chi connectivity index (χ3n) is 4.98. The van der Waals surface area contributed by atoms with Gasteiger partial charge in [0.05, 0.1) is 24.9 Å². The molecule has 27 heavy (non-hydrogen) atoms. The van der Waals surface area contributed by atoms with Gasteiger partial charge in [-0.15, -0.1) is 0 Å². The number of para-hydroxylation sites is 1. The summed E-state index contributed by atoms with van der Waals surface area (Å²) in [6.45, 7) is 0.810. The SMILES string of the molecule is COc1ccccc1-c1ccnc(N[C@@H]2CC(Cn3cccn3)C[C@H]2O)n1. The van der Waals surface area contributed by atoms with E-state index < -0.39 is 6.10 Å². The van der Waals surface area contributed by atoms with Gasteiger partial charge in [0.2, 0.25) is 5.95 Å². The van der Waals surface area contributed by atoms with Gasteiger partial charge < -0.3 is 15.2 Å². The highest BCUT2D eigenvalue weighted by molar-refractivity contribution is 5.67. The second-order valence-corrected chi connectivity index (χ2v) is 6.85. The molecule has 140 valence electrons. The molecule has 0 bridgehead atoms. The Labute approximate surface area is 158 Å². The van der Waals surface area contributed by atoms with Gasteiger partial charge in [0, 0.05) is 30.7 Å². The Morgan fingerprint density at radius 3 is 2.89 bits per heavy atom. The van der Waals surface area contributed by atoms with Crippen molar-refractivity contribution in [3.05, 3.63) is 55.0 Å². The largest absolute Gasteiger partial charge is 0.496 e. The zero-order valence-electron chi connectivity index (χ0n) is 15.2. The van der Waals surface area contributed by atoms with Crippen molar-refractivity contribution in [2.24, 2.45) is 5.92 Å². The molecule has 1 aromatic carbocycles. The average molecular weight is 365 g/mol. The first-order valence-electron chi connectivity index (χ1n) is 9.11. The second kappa shape index (κ2) is 7.75. The van der Waals surface area contributed by atoms with Crippen LogP contribution in [-0.4, -0.2) is 44.1 Å². The number of nitrogens with one attached hydrogen (secondary N) is 1. The van der Waals surface area contributed by atoms with E-state index in [1.54, 1.807) is 19.5 Å². The number of methoxy groups -OCH3 is 1. The number of ether oxygens (including phenoxy) is 1. The third kappa shape index (κ3) is 3.93. The summed E-state index contributed by atoms with van der Waals surface area (Å²) in [5.74, 6) is 1.65. The first-order valence-corrected chi connectivity index (χ1v) is 9.11. The van der Waals surface area contributed by atoms with E-state index in [1.165, 1.54) is 0 Å². The second-order valence-electron chi connectivity index (χ2n) is 6.85. The highest BCUT2D eigenvalue weighted by Gasteiger charge is 2.33. The minimum absolute atomic E-state index is 0.0709. The molecule has 1 aliphatic rings. The minimum Gasteiger partial charge on any atom is -0.496 e. The van der Waals surface area contributed by atoms with E-state index in [0.29, 0.717) is 11.9 Å². The van der Waals surface area contributed by atoms with Gasteiger partial charge in [-0.2, -0.15) is 5.10 Å². The van der Waals surface area contributed by atoms with Crippen molar-refractivity contribution in [2.75, 3.05) is 12.4 Å². The quantitative estimate of drug-likeness (QED) is 0.698. The van der Waals surface area contributed by atoms with Crippen molar-refractivity contribution in [3.63, 3.8) is 0 Å². The highest BCUT2D eigenvalue weighted by atomic mass is 16.5. The number of aliphatic hydroxyl groups excluding tert-OH is 1. The molecule has 1 unspecified atom stereocenters. The number of hydrogen-bond donors (Lipinski definition) is 2. The number of aliphatic hydroxyl groups is 1. The fourth-order valence-electron chi connectivity index (χ4n) is 3.70. The van der Waals surface area contributed by atoms with Crippen LogP contribution in [0.3, 0.4) is 0 Å². The number of benzene rings is 1. The van der Waals surface area contributed by atoms with Crippen molar-refractivity contribution >= 4 is 5.95 Å². The number of nitrogens with zero attached hydrogens (tertiary/aromatic N) is 4. The summed E-state index contributed by atoms with van der Waals surface area (Å²) in [6, 6.07) is 11.5. The molecule has 2 heterocycles. The van der Waals surface area contributed by atoms with E-state index in [2.05, 4.69) is 20.4 Å². The van der Waals surface area contributed by atoms with Crippen molar-refractivity contribution in [2.45, 2.75) is 31.5 Å². The standard InChI is InChI=1S/C20H23N5O2/c1-27-19-6-3-2-5-15(19)16-7-9-21-20(23-16)24-17-11-14(12-18(17)26)13-25-10-4-8-22-25/h2-10,14,17-18,26H,11-13H2,1H3,(H,21,23,24)/t14?,17-,18-/m1/s1. The van der Waals surface area contributed by atoms with Gasteiger partial charge in [0.15, 0.2) is 0 Å². The fourth-order valence-corrected chi connectivity index (χ4v) is 3.70. The van der Waals surface area contributed by atoms with E-state index in [4.69, 9.17) is 4.74 Å². The van der Waals surface area contributed by atoms with E-state index >= 15 is 0 Å². The molecule has 3 aromatic rings. The van der Waals surface area contributed by atoms with E-state index in [1.807, 2.05) is 47.3 Å². The Balaban J connectivity index is 1.47. The molecule has 2 aromatic heterocycles. The first kappa shape index (κ1) is 17.5. The topological polar surface area (TPSA) is 85.1 Å². The Morgan fingerprint density at radius 1 is 1.19 bits per heavy atom. The lowest BCUT2D eigenvalue weighted by atomic mass is 10.1. The van der Waals surface area contributed by atoms with Crippen LogP contribution >= 0.6 is 0 Å². The maximum absolute atomic E-state index is 10.5. The van der Waals surface area contributed by atoms with Crippen LogP contribution in [0.15, 0.2) is 55.0 Å². The number of aromatic nitrogens is 4. The van der Waals surface area contributed by atoms with Crippen LogP contribution in [0.5, 0.6) is 5.75 Å². The normalized spacial score (nSPS) is 21.9. The summed E-state index contributed by atoms with van der Waals surface area (Å²) < 4.78 is 7.34. The predicted octanol–water partition coefficient (Wildman–Crippen LogP) is 2.60. The molecule has 0 radical (unpaired) electrons. The maximum Gasteiger partial charge on any atom is 0.223 e. The fraction of sp³-hybridized carbons (Fsp3) is 0.350. The van der Waals surface area contributed by atoms with E-state index in [-0.39, 0.29) is 6.04 Å². The smallest absolute Gasteiger partial charge is 0.223 e. The van der Waals surface area contributed by atoms with Gasteiger partial charge in [-0.05, 0) is 43.0 Å². The minimum atomic E-state index is -0.427. The van der Waals surface area contributed by atoms with E-state index in [0.717, 1.165) is 36.4 Å². The lowest BCUT2D eigenvalue weighted by Gasteiger charge is -2.17. The summed E-state index contributed by atoms with van der Waals surface area (Å²) in [6.07, 6.45) is 6.61. The molecule has 0 spiro atoms. The van der Waals surface area contributed by atoms with Crippen LogP contribution in [0.2, 0.25) is 0 Å². The van der Waals surface area contributed by atoms with Crippen molar-refractivity contribution < 1.29 is 9.84 Å². The number of hydrogen-bond acceptors (Lipinski definition) is 6. The third-order valence-corrected chi connectivity index (χ3v) is 4.98. The summed E-state index contributed by atoms with van der Waals surface area (Å²) in [5, 5.41) is 18.0. The van der Waals surface area contributed by atoms with Crippen LogP contribution in [0.4, 0.5) is 5.95 Å². The molecule has 2 N–H and O–H groups in total. The summed E-state index contributed by atoms with van der Waals surface area (Å²) in [7, 11) is 1.65. The molecular weight excluding hydrogens is 342 g/mol. The van der Waals surface area contributed by atoms with Crippen molar-refractivity contribution in [3.8, 4) is 17.0 Å². The zero-order valence-corrected chi connectivity index (χ0v) is 15.2. The van der Waals surface area contributed by atoms with Gasteiger partial charge in [-0.25, -0.2) is 9.97 Å². The van der Waals surface area contributed by atoms with Gasteiger partial charge in [0.25, 0.3) is 0 Å². The molecule has 7 nitrogen and oxygen atoms in total. The molecule has 0 saturated heterocycles. The molecule has 4 rings (SSSR count). The number of anilines is 1. The Bertz CT molecular complexity index is 884. The molecular formula is C20H23N5O2. The Hall–Kier alpha value is -2.93. The van der Waals surface area contributed by atoms with Crippen LogP contribution < -0.4 is 10.1 Å². The molecule has 3 atom stereocenters. The summed E-state index contributed by atoms with van der Waals surface area (Å²) >= 11 is 0. The molecule has 7 heteroatoms. The molecule has 0 aliphatic heterocycles. The van der Waals surface area contributed by atoms with Gasteiger partial charge in [-0.3, -0.25) is 4.68 Å². The predicted molar refractivity (Wildman–Crippen MR) is 102 cm³/mol. The highest BCUT2D eigenvalue weighted by Crippen LogP contribution is 2.31. The molecule has 1 fully saturated rings. The Morgan fingerprint density at radius 2 is 2.07 bits per heavy atom. The molecule has 1 aliphatic carbocycles. The van der Waals surface area contributed by atoms with Gasteiger partial charge in [-0.1, -0.05) is 12.1 Å². The Kier molecular flexibility index (Phi) is 5.02. The van der Waals surface area contributed by atoms with Gasteiger partial charge in [0.1, 0.15) is 5.75 Å². The van der Waals surface area contributed by atoms with Gasteiger partial charge >= 0.3 is 0 Å². The van der Waals surface area contributed by atoms with Crippen LogP contribution in [0.1, 0.15) is 12.8 Å². The molecule has 0 amide bonds. The summed E-state index contributed by atoms with van der Waals surface area (Å²) in [5.41, 5.74) is 1.69. The van der Waals surface area contributed by atoms with Crippen LogP contribution in [0.25, 0.3) is 11.3 Å².